The molecule has 0 aliphatic carbocycles. The Bertz CT molecular complexity index is 530. The molecule has 0 N–H and O–H groups in total. The van der Waals surface area contributed by atoms with E-state index in [1.165, 1.54) is 24.0 Å². The Morgan fingerprint density at radius 1 is 1.29 bits per heavy atom. The normalized spacial score (nSPS) is 18.6. The number of carbonyl (C=O) groups is 1. The number of ketones is 1. The first-order chi connectivity index (χ1) is 10.1. The zero-order chi connectivity index (χ0) is 14.9. The Balaban J connectivity index is 1.60. The average molecular weight is 287 g/mol. The van der Waals surface area contributed by atoms with E-state index in [1.54, 1.807) is 0 Å². The van der Waals surface area contributed by atoms with Crippen LogP contribution in [0.25, 0.3) is 0 Å². The molecule has 0 spiro atoms. The van der Waals surface area contributed by atoms with E-state index in [0.717, 1.165) is 38.3 Å². The van der Waals surface area contributed by atoms with Crippen LogP contribution in [-0.2, 0) is 17.6 Å². The fourth-order valence-corrected chi connectivity index (χ4v) is 3.41. The Hall–Kier alpha value is -1.35. The predicted molar refractivity (Wildman–Crippen MR) is 83.9 cm³/mol. The van der Waals surface area contributed by atoms with Gasteiger partial charge in [-0.3, -0.25) is 9.69 Å². The van der Waals surface area contributed by atoms with Gasteiger partial charge in [0.05, 0.1) is 12.1 Å². The smallest absolute Gasteiger partial charge is 0.152 e. The van der Waals surface area contributed by atoms with Gasteiger partial charge < -0.3 is 4.74 Å². The number of carbonyl (C=O) groups excluding carboxylic acids is 1. The van der Waals surface area contributed by atoms with E-state index in [-0.39, 0.29) is 5.54 Å². The molecule has 0 aromatic heterocycles. The second kappa shape index (κ2) is 5.80. The van der Waals surface area contributed by atoms with Crippen molar-refractivity contribution in [3.8, 4) is 5.75 Å². The highest BCUT2D eigenvalue weighted by Crippen LogP contribution is 2.27. The van der Waals surface area contributed by atoms with Crippen LogP contribution in [0.4, 0.5) is 0 Å². The maximum atomic E-state index is 12.6. The van der Waals surface area contributed by atoms with Gasteiger partial charge in [0, 0.05) is 12.8 Å². The second-order valence-electron chi connectivity index (χ2n) is 6.72. The SMILES string of the molecule is CC(C)(C(=O)CCc1ccc2c(c1)CCO2)N1CCCC1. The van der Waals surface area contributed by atoms with Gasteiger partial charge in [0.25, 0.3) is 0 Å². The predicted octanol–water partition coefficient (Wildman–Crippen LogP) is 3.00. The van der Waals surface area contributed by atoms with E-state index in [0.29, 0.717) is 12.2 Å². The summed E-state index contributed by atoms with van der Waals surface area (Å²) in [5.74, 6) is 1.38. The molecule has 2 aliphatic rings. The molecular formula is C18H25NO2. The molecule has 1 saturated heterocycles. The van der Waals surface area contributed by atoms with Crippen LogP contribution in [0.3, 0.4) is 0 Å². The lowest BCUT2D eigenvalue weighted by Crippen LogP contribution is -2.48. The van der Waals surface area contributed by atoms with Crippen LogP contribution in [0.1, 0.15) is 44.2 Å². The fraction of sp³-hybridized carbons (Fsp3) is 0.611. The van der Waals surface area contributed by atoms with E-state index >= 15 is 0 Å². The summed E-state index contributed by atoms with van der Waals surface area (Å²) in [6.45, 7) is 7.08. The van der Waals surface area contributed by atoms with Crippen LogP contribution in [0.15, 0.2) is 18.2 Å². The van der Waals surface area contributed by atoms with Crippen molar-refractivity contribution in [3.05, 3.63) is 29.3 Å². The van der Waals surface area contributed by atoms with E-state index in [1.807, 2.05) is 6.07 Å². The molecule has 1 aromatic carbocycles. The summed E-state index contributed by atoms with van der Waals surface area (Å²) < 4.78 is 5.53. The van der Waals surface area contributed by atoms with Gasteiger partial charge in [-0.2, -0.15) is 0 Å². The standard InChI is InChI=1S/C18H25NO2/c1-18(2,19-10-3-4-11-19)17(20)8-6-14-5-7-16-15(13-14)9-12-21-16/h5,7,13H,3-4,6,8-12H2,1-2H3. The Morgan fingerprint density at radius 2 is 2.05 bits per heavy atom. The van der Waals surface area contributed by atoms with Crippen molar-refractivity contribution in [2.45, 2.75) is 51.5 Å². The summed E-state index contributed by atoms with van der Waals surface area (Å²) >= 11 is 0. The first kappa shape index (κ1) is 14.6. The third-order valence-corrected chi connectivity index (χ3v) is 4.97. The van der Waals surface area contributed by atoms with Crippen LogP contribution in [-0.4, -0.2) is 35.9 Å². The summed E-state index contributed by atoms with van der Waals surface area (Å²) in [6, 6.07) is 6.35. The fourth-order valence-electron chi connectivity index (χ4n) is 3.41. The lowest BCUT2D eigenvalue weighted by molar-refractivity contribution is -0.128. The molecule has 0 atom stereocenters. The molecule has 2 aliphatic heterocycles. The number of rotatable bonds is 5. The number of fused-ring (bicyclic) bond motifs is 1. The zero-order valence-corrected chi connectivity index (χ0v) is 13.2. The second-order valence-corrected chi connectivity index (χ2v) is 6.72. The van der Waals surface area contributed by atoms with E-state index in [9.17, 15) is 4.79 Å². The number of Topliss-reactive ketones (excluding diaryl/α,β-unsaturated/α-hetero) is 1. The molecule has 114 valence electrons. The van der Waals surface area contributed by atoms with Crippen molar-refractivity contribution in [2.24, 2.45) is 0 Å². The Labute approximate surface area is 127 Å². The lowest BCUT2D eigenvalue weighted by Gasteiger charge is -2.34. The molecule has 0 saturated carbocycles. The van der Waals surface area contributed by atoms with Crippen LogP contribution in [0, 0.1) is 0 Å². The molecule has 3 heteroatoms. The average Bonchev–Trinajstić information content (AvgIpc) is 3.14. The molecule has 3 nitrogen and oxygen atoms in total. The van der Waals surface area contributed by atoms with Crippen molar-refractivity contribution >= 4 is 5.78 Å². The number of benzene rings is 1. The van der Waals surface area contributed by atoms with Crippen molar-refractivity contribution in [2.75, 3.05) is 19.7 Å². The van der Waals surface area contributed by atoms with Gasteiger partial charge in [-0.05, 0) is 63.4 Å². The highest BCUT2D eigenvalue weighted by Gasteiger charge is 2.35. The van der Waals surface area contributed by atoms with E-state index in [2.05, 4.69) is 30.9 Å². The number of ether oxygens (including phenoxy) is 1. The molecule has 0 radical (unpaired) electrons. The third kappa shape index (κ3) is 2.98. The minimum Gasteiger partial charge on any atom is -0.493 e. The minimum atomic E-state index is -0.309. The van der Waals surface area contributed by atoms with E-state index in [4.69, 9.17) is 4.74 Å². The monoisotopic (exact) mass is 287 g/mol. The van der Waals surface area contributed by atoms with Gasteiger partial charge in [0.15, 0.2) is 5.78 Å². The largest absolute Gasteiger partial charge is 0.493 e. The summed E-state index contributed by atoms with van der Waals surface area (Å²) in [5, 5.41) is 0. The molecular weight excluding hydrogens is 262 g/mol. The van der Waals surface area contributed by atoms with Gasteiger partial charge in [-0.1, -0.05) is 12.1 Å². The number of nitrogens with zero attached hydrogens (tertiary/aromatic N) is 1. The summed E-state index contributed by atoms with van der Waals surface area (Å²) in [7, 11) is 0. The number of hydrogen-bond donors (Lipinski definition) is 0. The van der Waals surface area contributed by atoms with Crippen LogP contribution in [0.5, 0.6) is 5.75 Å². The first-order valence-electron chi connectivity index (χ1n) is 8.10. The van der Waals surface area contributed by atoms with E-state index < -0.39 is 0 Å². The van der Waals surface area contributed by atoms with Crippen molar-refractivity contribution in [1.29, 1.82) is 0 Å². The van der Waals surface area contributed by atoms with Crippen molar-refractivity contribution < 1.29 is 9.53 Å². The van der Waals surface area contributed by atoms with Crippen LogP contribution < -0.4 is 4.74 Å². The van der Waals surface area contributed by atoms with Crippen LogP contribution >= 0.6 is 0 Å². The molecule has 0 amide bonds. The summed E-state index contributed by atoms with van der Waals surface area (Å²) in [4.78, 5) is 14.9. The quantitative estimate of drug-likeness (QED) is 0.834. The van der Waals surface area contributed by atoms with Gasteiger partial charge in [0.2, 0.25) is 0 Å². The maximum Gasteiger partial charge on any atom is 0.152 e. The lowest BCUT2D eigenvalue weighted by atomic mass is 9.92. The number of hydrogen-bond acceptors (Lipinski definition) is 3. The molecule has 3 rings (SSSR count). The van der Waals surface area contributed by atoms with Gasteiger partial charge >= 0.3 is 0 Å². The Morgan fingerprint density at radius 3 is 2.81 bits per heavy atom. The van der Waals surface area contributed by atoms with Gasteiger partial charge in [-0.25, -0.2) is 0 Å². The topological polar surface area (TPSA) is 29.5 Å². The molecule has 0 unspecified atom stereocenters. The summed E-state index contributed by atoms with van der Waals surface area (Å²) in [6.07, 6.45) is 4.91. The molecule has 0 bridgehead atoms. The molecule has 2 heterocycles. The van der Waals surface area contributed by atoms with Crippen molar-refractivity contribution in [1.82, 2.24) is 4.90 Å². The molecule has 1 fully saturated rings. The van der Waals surface area contributed by atoms with Gasteiger partial charge in [0.1, 0.15) is 5.75 Å². The Kier molecular flexibility index (Phi) is 4.03. The highest BCUT2D eigenvalue weighted by atomic mass is 16.5. The zero-order valence-electron chi connectivity index (χ0n) is 13.2. The van der Waals surface area contributed by atoms with Crippen molar-refractivity contribution in [3.63, 3.8) is 0 Å². The highest BCUT2D eigenvalue weighted by molar-refractivity contribution is 5.87. The molecule has 1 aromatic rings. The molecule has 21 heavy (non-hydrogen) atoms. The van der Waals surface area contributed by atoms with Gasteiger partial charge in [-0.15, -0.1) is 0 Å². The first-order valence-corrected chi connectivity index (χ1v) is 8.10. The third-order valence-electron chi connectivity index (χ3n) is 4.97. The maximum absolute atomic E-state index is 12.6. The summed E-state index contributed by atoms with van der Waals surface area (Å²) in [5.41, 5.74) is 2.24. The minimum absolute atomic E-state index is 0.309. The number of likely N-dealkylation sites (tertiary alicyclic amines) is 1. The number of aryl methyl sites for hydroxylation is 1. The van der Waals surface area contributed by atoms with Crippen LogP contribution in [0.2, 0.25) is 0 Å².